The SMILES string of the molecule is Cl.Fc1ccc(-n2nccc2CN2CCC3(CCNC3)C2)cc1. The van der Waals surface area contributed by atoms with E-state index in [0.29, 0.717) is 5.41 Å². The maximum absolute atomic E-state index is 13.1. The summed E-state index contributed by atoms with van der Waals surface area (Å²) < 4.78 is 15.0. The molecule has 2 aliphatic heterocycles. The van der Waals surface area contributed by atoms with Crippen molar-refractivity contribution in [3.63, 3.8) is 0 Å². The first kappa shape index (κ1) is 16.4. The van der Waals surface area contributed by atoms with Gasteiger partial charge in [-0.2, -0.15) is 5.10 Å². The van der Waals surface area contributed by atoms with E-state index in [1.165, 1.54) is 25.0 Å². The van der Waals surface area contributed by atoms with Gasteiger partial charge in [0, 0.05) is 25.8 Å². The molecule has 1 aromatic heterocycles. The summed E-state index contributed by atoms with van der Waals surface area (Å²) in [4.78, 5) is 2.52. The van der Waals surface area contributed by atoms with E-state index in [2.05, 4.69) is 21.4 Å². The third-order valence-corrected chi connectivity index (χ3v) is 5.03. The minimum Gasteiger partial charge on any atom is -0.316 e. The van der Waals surface area contributed by atoms with Crippen molar-refractivity contribution in [3.05, 3.63) is 48.0 Å². The minimum atomic E-state index is -0.215. The standard InChI is InChI=1S/C17H21FN4.ClH/c18-14-1-3-15(4-2-14)22-16(5-8-20-22)11-21-10-7-17(13-21)6-9-19-12-17;/h1-5,8,19H,6-7,9-13H2;1H. The number of hydrogen-bond donors (Lipinski definition) is 1. The molecule has 1 aromatic carbocycles. The van der Waals surface area contributed by atoms with E-state index in [1.54, 1.807) is 12.1 Å². The predicted molar refractivity (Wildman–Crippen MR) is 90.6 cm³/mol. The van der Waals surface area contributed by atoms with Crippen LogP contribution in [0.15, 0.2) is 36.5 Å². The number of halogens is 2. The number of nitrogens with zero attached hydrogens (tertiary/aromatic N) is 3. The Labute approximate surface area is 142 Å². The number of likely N-dealkylation sites (tertiary alicyclic amines) is 1. The smallest absolute Gasteiger partial charge is 0.123 e. The van der Waals surface area contributed by atoms with Gasteiger partial charge in [-0.05, 0) is 61.7 Å². The van der Waals surface area contributed by atoms with Crippen LogP contribution in [0.1, 0.15) is 18.5 Å². The van der Waals surface area contributed by atoms with Gasteiger partial charge in [-0.25, -0.2) is 9.07 Å². The summed E-state index contributed by atoms with van der Waals surface area (Å²) in [6, 6.07) is 8.57. The molecule has 1 unspecified atom stereocenters. The Morgan fingerprint density at radius 1 is 1.17 bits per heavy atom. The van der Waals surface area contributed by atoms with Crippen LogP contribution in [0.25, 0.3) is 5.69 Å². The molecule has 0 saturated carbocycles. The molecule has 2 aliphatic rings. The zero-order valence-corrected chi connectivity index (χ0v) is 13.9. The Morgan fingerprint density at radius 3 is 2.74 bits per heavy atom. The van der Waals surface area contributed by atoms with Crippen LogP contribution in [0.2, 0.25) is 0 Å². The first-order valence-corrected chi connectivity index (χ1v) is 7.96. The second kappa shape index (κ2) is 6.59. The maximum atomic E-state index is 13.1. The van der Waals surface area contributed by atoms with E-state index in [0.717, 1.165) is 44.1 Å². The Kier molecular flexibility index (Phi) is 4.71. The van der Waals surface area contributed by atoms with Gasteiger partial charge in [0.25, 0.3) is 0 Å². The number of aromatic nitrogens is 2. The molecule has 124 valence electrons. The van der Waals surface area contributed by atoms with Crippen molar-refractivity contribution in [2.45, 2.75) is 19.4 Å². The van der Waals surface area contributed by atoms with Crippen molar-refractivity contribution in [2.75, 3.05) is 26.2 Å². The highest BCUT2D eigenvalue weighted by molar-refractivity contribution is 5.85. The largest absolute Gasteiger partial charge is 0.316 e. The summed E-state index contributed by atoms with van der Waals surface area (Å²) in [5.41, 5.74) is 2.56. The van der Waals surface area contributed by atoms with Gasteiger partial charge in [-0.3, -0.25) is 4.90 Å². The molecule has 4 nitrogen and oxygen atoms in total. The summed E-state index contributed by atoms with van der Waals surface area (Å²) in [7, 11) is 0. The van der Waals surface area contributed by atoms with Crippen LogP contribution in [0.5, 0.6) is 0 Å². The van der Waals surface area contributed by atoms with Gasteiger partial charge in [0.15, 0.2) is 0 Å². The molecule has 23 heavy (non-hydrogen) atoms. The van der Waals surface area contributed by atoms with Crippen molar-refractivity contribution in [1.29, 1.82) is 0 Å². The van der Waals surface area contributed by atoms with Crippen LogP contribution < -0.4 is 5.32 Å². The molecule has 1 atom stereocenters. The van der Waals surface area contributed by atoms with E-state index >= 15 is 0 Å². The van der Waals surface area contributed by atoms with Gasteiger partial charge in [0.05, 0.1) is 11.4 Å². The molecule has 1 N–H and O–H groups in total. The van der Waals surface area contributed by atoms with E-state index in [9.17, 15) is 4.39 Å². The Balaban J connectivity index is 0.00000156. The zero-order chi connectivity index (χ0) is 15.0. The van der Waals surface area contributed by atoms with Crippen molar-refractivity contribution in [3.8, 4) is 5.69 Å². The van der Waals surface area contributed by atoms with E-state index in [4.69, 9.17) is 0 Å². The van der Waals surface area contributed by atoms with Crippen LogP contribution in [-0.4, -0.2) is 40.9 Å². The molecule has 2 saturated heterocycles. The third kappa shape index (κ3) is 3.27. The quantitative estimate of drug-likeness (QED) is 0.935. The second-order valence-electron chi connectivity index (χ2n) is 6.60. The molecule has 0 aliphatic carbocycles. The van der Waals surface area contributed by atoms with E-state index in [-0.39, 0.29) is 18.2 Å². The summed E-state index contributed by atoms with van der Waals surface area (Å²) >= 11 is 0. The van der Waals surface area contributed by atoms with E-state index < -0.39 is 0 Å². The molecular formula is C17H22ClFN4. The highest BCUT2D eigenvalue weighted by Gasteiger charge is 2.40. The molecule has 0 radical (unpaired) electrons. The molecule has 0 amide bonds. The lowest BCUT2D eigenvalue weighted by molar-refractivity contribution is 0.265. The Morgan fingerprint density at radius 2 is 2.00 bits per heavy atom. The molecule has 2 aromatic rings. The lowest BCUT2D eigenvalue weighted by Crippen LogP contribution is -2.29. The van der Waals surface area contributed by atoms with Crippen molar-refractivity contribution < 1.29 is 4.39 Å². The Hall–Kier alpha value is -1.43. The Bertz CT molecular complexity index is 649. The number of benzene rings is 1. The monoisotopic (exact) mass is 336 g/mol. The summed E-state index contributed by atoms with van der Waals surface area (Å²) in [5.74, 6) is -0.215. The first-order chi connectivity index (χ1) is 10.7. The zero-order valence-electron chi connectivity index (χ0n) is 13.0. The minimum absolute atomic E-state index is 0. The van der Waals surface area contributed by atoms with Gasteiger partial charge in [0.2, 0.25) is 0 Å². The van der Waals surface area contributed by atoms with Gasteiger partial charge in [0.1, 0.15) is 5.82 Å². The molecule has 0 bridgehead atoms. The number of hydrogen-bond acceptors (Lipinski definition) is 3. The summed E-state index contributed by atoms with van der Waals surface area (Å²) in [6.45, 7) is 5.52. The van der Waals surface area contributed by atoms with Gasteiger partial charge >= 0.3 is 0 Å². The molecule has 6 heteroatoms. The fraction of sp³-hybridized carbons (Fsp3) is 0.471. The fourth-order valence-electron chi connectivity index (χ4n) is 3.80. The lowest BCUT2D eigenvalue weighted by Gasteiger charge is -2.23. The lowest BCUT2D eigenvalue weighted by atomic mass is 9.87. The van der Waals surface area contributed by atoms with Crippen LogP contribution >= 0.6 is 12.4 Å². The van der Waals surface area contributed by atoms with E-state index in [1.807, 2.05) is 10.9 Å². The molecule has 2 fully saturated rings. The van der Waals surface area contributed by atoms with Crippen molar-refractivity contribution in [1.82, 2.24) is 20.0 Å². The van der Waals surface area contributed by atoms with Gasteiger partial charge in [-0.1, -0.05) is 0 Å². The van der Waals surface area contributed by atoms with Crippen molar-refractivity contribution in [2.24, 2.45) is 5.41 Å². The van der Waals surface area contributed by atoms with Crippen LogP contribution in [0.4, 0.5) is 4.39 Å². The maximum Gasteiger partial charge on any atom is 0.123 e. The summed E-state index contributed by atoms with van der Waals surface area (Å²) in [5, 5.41) is 7.90. The van der Waals surface area contributed by atoms with Crippen molar-refractivity contribution >= 4 is 12.4 Å². The normalized spacial score (nSPS) is 24.2. The molecule has 1 spiro atoms. The van der Waals surface area contributed by atoms with Gasteiger partial charge < -0.3 is 5.32 Å². The highest BCUT2D eigenvalue weighted by atomic mass is 35.5. The first-order valence-electron chi connectivity index (χ1n) is 7.96. The average molecular weight is 337 g/mol. The van der Waals surface area contributed by atoms with Crippen LogP contribution in [0.3, 0.4) is 0 Å². The highest BCUT2D eigenvalue weighted by Crippen LogP contribution is 2.36. The third-order valence-electron chi connectivity index (χ3n) is 5.03. The molecular weight excluding hydrogens is 315 g/mol. The van der Waals surface area contributed by atoms with Crippen LogP contribution in [-0.2, 0) is 6.54 Å². The summed E-state index contributed by atoms with van der Waals surface area (Å²) in [6.07, 6.45) is 4.40. The average Bonchev–Trinajstić information content (AvgIpc) is 3.24. The molecule has 4 rings (SSSR count). The van der Waals surface area contributed by atoms with Crippen LogP contribution in [0, 0.1) is 11.2 Å². The molecule has 3 heterocycles. The predicted octanol–water partition coefficient (Wildman–Crippen LogP) is 2.62. The second-order valence-corrected chi connectivity index (χ2v) is 6.60. The topological polar surface area (TPSA) is 33.1 Å². The van der Waals surface area contributed by atoms with Gasteiger partial charge in [-0.15, -0.1) is 12.4 Å². The number of rotatable bonds is 3. The number of nitrogens with one attached hydrogen (secondary N) is 1. The fourth-order valence-corrected chi connectivity index (χ4v) is 3.80.